The third-order valence-corrected chi connectivity index (χ3v) is 5.49. The maximum Gasteiger partial charge on any atom is 0.247 e. The van der Waals surface area contributed by atoms with Crippen LogP contribution in [0.5, 0.6) is 11.6 Å². The van der Waals surface area contributed by atoms with Crippen LogP contribution in [0.2, 0.25) is 0 Å². The van der Waals surface area contributed by atoms with Crippen LogP contribution in [0.1, 0.15) is 17.4 Å². The van der Waals surface area contributed by atoms with Crippen LogP contribution in [0.15, 0.2) is 84.0 Å². The zero-order chi connectivity index (χ0) is 21.0. The predicted molar refractivity (Wildman–Crippen MR) is 121 cm³/mol. The molecule has 1 aromatic heterocycles. The van der Waals surface area contributed by atoms with Crippen LogP contribution in [0, 0.1) is 0 Å². The number of hydrogen-bond acceptors (Lipinski definition) is 7. The number of nitrogens with one attached hydrogen (secondary N) is 1. The second-order valence-electron chi connectivity index (χ2n) is 6.98. The third-order valence-electron chi connectivity index (χ3n) is 4.95. The summed E-state index contributed by atoms with van der Waals surface area (Å²) in [4.78, 5) is 4.55. The first kappa shape index (κ1) is 19.4. The quantitative estimate of drug-likeness (QED) is 0.430. The average Bonchev–Trinajstić information content (AvgIpc) is 3.00. The number of ether oxygens (including phenoxy) is 2. The Morgan fingerprint density at radius 3 is 2.52 bits per heavy atom. The normalized spacial score (nSPS) is 14.4. The highest BCUT2D eigenvalue weighted by atomic mass is 32.2. The standard InChI is InChI=1S/C24H20N4O2S/c1-31-24-26-23-21(27-28-24)19-9-5-6-10-20(19)25-22(30-23)17-11-13-18(14-12-17)29-15-16-7-3-2-4-8-16/h2-14,22,25H,15H2,1H3. The molecule has 0 saturated carbocycles. The van der Waals surface area contributed by atoms with Gasteiger partial charge in [-0.2, -0.15) is 4.98 Å². The molecule has 0 saturated heterocycles. The van der Waals surface area contributed by atoms with Gasteiger partial charge in [0.2, 0.25) is 11.0 Å². The van der Waals surface area contributed by atoms with Gasteiger partial charge in [-0.05, 0) is 42.2 Å². The van der Waals surface area contributed by atoms with Gasteiger partial charge in [0.25, 0.3) is 0 Å². The van der Waals surface area contributed by atoms with Crippen molar-refractivity contribution in [2.24, 2.45) is 0 Å². The Hall–Kier alpha value is -3.58. The first-order valence-corrected chi connectivity index (χ1v) is 11.1. The molecule has 7 heteroatoms. The first-order chi connectivity index (χ1) is 15.3. The molecule has 1 unspecified atom stereocenters. The van der Waals surface area contributed by atoms with Crippen molar-refractivity contribution in [1.29, 1.82) is 0 Å². The summed E-state index contributed by atoms with van der Waals surface area (Å²) in [7, 11) is 0. The monoisotopic (exact) mass is 428 g/mol. The van der Waals surface area contributed by atoms with Crippen molar-refractivity contribution in [2.75, 3.05) is 11.6 Å². The van der Waals surface area contributed by atoms with Crippen molar-refractivity contribution in [3.05, 3.63) is 90.0 Å². The molecule has 4 aromatic rings. The van der Waals surface area contributed by atoms with Crippen molar-refractivity contribution in [1.82, 2.24) is 15.2 Å². The van der Waals surface area contributed by atoms with Crippen molar-refractivity contribution < 1.29 is 9.47 Å². The second kappa shape index (κ2) is 8.65. The minimum absolute atomic E-state index is 0.419. The SMILES string of the molecule is CSc1nnc2c(n1)OC(c1ccc(OCc3ccccc3)cc1)Nc1ccccc1-2. The van der Waals surface area contributed by atoms with Gasteiger partial charge in [-0.1, -0.05) is 60.3 Å². The Labute approximate surface area is 184 Å². The fourth-order valence-corrected chi connectivity index (χ4v) is 3.66. The van der Waals surface area contributed by atoms with Gasteiger partial charge in [0.05, 0.1) is 0 Å². The number of nitrogens with zero attached hydrogens (tertiary/aromatic N) is 3. The van der Waals surface area contributed by atoms with Crippen molar-refractivity contribution in [3.8, 4) is 22.9 Å². The van der Waals surface area contributed by atoms with E-state index in [1.54, 1.807) is 0 Å². The lowest BCUT2D eigenvalue weighted by Gasteiger charge is -2.19. The molecule has 0 radical (unpaired) electrons. The van der Waals surface area contributed by atoms with Crippen LogP contribution in [0.4, 0.5) is 5.69 Å². The van der Waals surface area contributed by atoms with E-state index in [1.807, 2.05) is 85.1 Å². The van der Waals surface area contributed by atoms with E-state index < -0.39 is 6.23 Å². The summed E-state index contributed by atoms with van der Waals surface area (Å²) in [5.74, 6) is 1.27. The highest BCUT2D eigenvalue weighted by Gasteiger charge is 2.25. The van der Waals surface area contributed by atoms with Crippen LogP contribution < -0.4 is 14.8 Å². The van der Waals surface area contributed by atoms with Crippen molar-refractivity contribution in [3.63, 3.8) is 0 Å². The van der Waals surface area contributed by atoms with Crippen LogP contribution in [0.25, 0.3) is 11.3 Å². The number of fused-ring (bicyclic) bond motifs is 3. The molecular formula is C24H20N4O2S. The number of anilines is 1. The highest BCUT2D eigenvalue weighted by molar-refractivity contribution is 7.98. The molecule has 31 heavy (non-hydrogen) atoms. The van der Waals surface area contributed by atoms with Gasteiger partial charge in [0.15, 0.2) is 11.9 Å². The van der Waals surface area contributed by atoms with E-state index in [1.165, 1.54) is 11.8 Å². The molecule has 6 nitrogen and oxygen atoms in total. The third kappa shape index (κ3) is 4.18. The Kier molecular flexibility index (Phi) is 5.41. The molecule has 0 amide bonds. The lowest BCUT2D eigenvalue weighted by molar-refractivity contribution is 0.225. The lowest BCUT2D eigenvalue weighted by atomic mass is 10.1. The zero-order valence-electron chi connectivity index (χ0n) is 16.9. The van der Waals surface area contributed by atoms with Gasteiger partial charge in [-0.15, -0.1) is 10.2 Å². The van der Waals surface area contributed by atoms with Gasteiger partial charge < -0.3 is 14.8 Å². The predicted octanol–water partition coefficient (Wildman–Crippen LogP) is 5.34. The molecule has 1 N–H and O–H groups in total. The van der Waals surface area contributed by atoms with Gasteiger partial charge in [0, 0.05) is 16.8 Å². The number of thioether (sulfide) groups is 1. The van der Waals surface area contributed by atoms with Gasteiger partial charge >= 0.3 is 0 Å². The number of hydrogen-bond donors (Lipinski definition) is 1. The first-order valence-electron chi connectivity index (χ1n) is 9.88. The molecular weight excluding hydrogens is 408 g/mol. The van der Waals surface area contributed by atoms with Crippen LogP contribution >= 0.6 is 11.8 Å². The number of aromatic nitrogens is 3. The molecule has 3 aromatic carbocycles. The Bertz CT molecular complexity index is 1190. The summed E-state index contributed by atoms with van der Waals surface area (Å²) in [5, 5.41) is 12.6. The second-order valence-corrected chi connectivity index (χ2v) is 7.76. The molecule has 154 valence electrons. The number of benzene rings is 3. The van der Waals surface area contributed by atoms with E-state index in [9.17, 15) is 0 Å². The molecule has 0 aliphatic carbocycles. The maximum absolute atomic E-state index is 6.26. The van der Waals surface area contributed by atoms with Gasteiger partial charge in [-0.3, -0.25) is 0 Å². The maximum atomic E-state index is 6.26. The molecule has 0 spiro atoms. The van der Waals surface area contributed by atoms with E-state index in [4.69, 9.17) is 9.47 Å². The summed E-state index contributed by atoms with van der Waals surface area (Å²) in [6, 6.07) is 25.9. The van der Waals surface area contributed by atoms with E-state index in [2.05, 4.69) is 20.5 Å². The summed E-state index contributed by atoms with van der Waals surface area (Å²) in [6.45, 7) is 0.527. The zero-order valence-corrected chi connectivity index (χ0v) is 17.7. The van der Waals surface area contributed by atoms with Gasteiger partial charge in [0.1, 0.15) is 12.4 Å². The van der Waals surface area contributed by atoms with Crippen LogP contribution in [-0.2, 0) is 6.61 Å². The smallest absolute Gasteiger partial charge is 0.247 e. The molecule has 0 fully saturated rings. The number of para-hydroxylation sites is 1. The molecule has 5 rings (SSSR count). The summed E-state index contributed by atoms with van der Waals surface area (Å²) in [6.07, 6.45) is 1.50. The Morgan fingerprint density at radius 2 is 1.71 bits per heavy atom. The lowest BCUT2D eigenvalue weighted by Crippen LogP contribution is -2.17. The van der Waals surface area contributed by atoms with Crippen LogP contribution in [-0.4, -0.2) is 21.4 Å². The molecule has 0 bridgehead atoms. The average molecular weight is 429 g/mol. The van der Waals surface area contributed by atoms with E-state index in [0.29, 0.717) is 23.3 Å². The Morgan fingerprint density at radius 1 is 0.935 bits per heavy atom. The van der Waals surface area contributed by atoms with Crippen LogP contribution in [0.3, 0.4) is 0 Å². The van der Waals surface area contributed by atoms with E-state index >= 15 is 0 Å². The minimum Gasteiger partial charge on any atom is -0.489 e. The largest absolute Gasteiger partial charge is 0.489 e. The van der Waals surface area contributed by atoms with Gasteiger partial charge in [-0.25, -0.2) is 0 Å². The fourth-order valence-electron chi connectivity index (χ4n) is 3.36. The summed E-state index contributed by atoms with van der Waals surface area (Å²) >= 11 is 1.43. The fraction of sp³-hybridized carbons (Fsp3) is 0.125. The Balaban J connectivity index is 1.41. The number of rotatable bonds is 5. The molecule has 1 aliphatic rings. The molecule has 2 heterocycles. The summed E-state index contributed by atoms with van der Waals surface area (Å²) in [5.41, 5.74) is 4.55. The van der Waals surface area contributed by atoms with E-state index in [0.717, 1.165) is 28.1 Å². The highest BCUT2D eigenvalue weighted by Crippen LogP contribution is 2.39. The minimum atomic E-state index is -0.419. The van der Waals surface area contributed by atoms with Crippen molar-refractivity contribution in [2.45, 2.75) is 18.0 Å². The van der Waals surface area contributed by atoms with E-state index in [-0.39, 0.29) is 0 Å². The van der Waals surface area contributed by atoms with Crippen molar-refractivity contribution >= 4 is 17.4 Å². The topological polar surface area (TPSA) is 69.2 Å². The summed E-state index contributed by atoms with van der Waals surface area (Å²) < 4.78 is 12.2. The molecule has 1 aliphatic heterocycles. The molecule has 1 atom stereocenters.